The zero-order valence-corrected chi connectivity index (χ0v) is 10.2. The molecule has 16 heavy (non-hydrogen) atoms. The van der Waals surface area contributed by atoms with Gasteiger partial charge in [0.05, 0.1) is 11.4 Å². The maximum atomic E-state index is 11.0. The van der Waals surface area contributed by atoms with E-state index in [4.69, 9.17) is 16.1 Å². The van der Waals surface area contributed by atoms with Gasteiger partial charge in [0.25, 0.3) is 0 Å². The van der Waals surface area contributed by atoms with Gasteiger partial charge in [-0.05, 0) is 12.1 Å². The first-order valence-electron chi connectivity index (χ1n) is 4.67. The highest BCUT2D eigenvalue weighted by molar-refractivity contribution is 7.90. The summed E-state index contributed by atoms with van der Waals surface area (Å²) in [4.78, 5) is 0. The van der Waals surface area contributed by atoms with Gasteiger partial charge in [0.15, 0.2) is 5.58 Å². The molecule has 1 aromatic carbocycles. The van der Waals surface area contributed by atoms with Crippen molar-refractivity contribution in [3.05, 3.63) is 28.9 Å². The molecule has 0 bridgehead atoms. The molecule has 4 nitrogen and oxygen atoms in total. The van der Waals surface area contributed by atoms with E-state index < -0.39 is 9.84 Å². The van der Waals surface area contributed by atoms with Crippen molar-refractivity contribution in [1.29, 1.82) is 0 Å². The Kier molecular flexibility index (Phi) is 2.90. The van der Waals surface area contributed by atoms with Gasteiger partial charge in [0.2, 0.25) is 0 Å². The predicted octanol–water partition coefficient (Wildman–Crippen LogP) is 2.07. The topological polar surface area (TPSA) is 60.2 Å². The maximum absolute atomic E-state index is 11.0. The van der Waals surface area contributed by atoms with Crippen LogP contribution in [0, 0.1) is 0 Å². The van der Waals surface area contributed by atoms with E-state index in [9.17, 15) is 8.42 Å². The smallest absolute Gasteiger partial charge is 0.168 e. The molecule has 0 aliphatic heterocycles. The summed E-state index contributed by atoms with van der Waals surface area (Å²) in [5.41, 5.74) is 1.23. The lowest BCUT2D eigenvalue weighted by atomic mass is 10.2. The summed E-state index contributed by atoms with van der Waals surface area (Å²) in [6.07, 6.45) is 1.56. The highest BCUT2D eigenvalue weighted by Gasteiger charge is 2.11. The van der Waals surface area contributed by atoms with Gasteiger partial charge in [-0.25, -0.2) is 8.42 Å². The summed E-state index contributed by atoms with van der Waals surface area (Å²) in [5, 5.41) is 5.22. The SMILES string of the molecule is CS(=O)(=O)CCc1noc2cc(Cl)ccc12. The highest BCUT2D eigenvalue weighted by Crippen LogP contribution is 2.22. The van der Waals surface area contributed by atoms with Gasteiger partial charge in [0, 0.05) is 29.2 Å². The Morgan fingerprint density at radius 1 is 1.44 bits per heavy atom. The Labute approximate surface area is 98.1 Å². The first-order chi connectivity index (χ1) is 7.46. The molecule has 0 atom stereocenters. The molecular weight excluding hydrogens is 250 g/mol. The van der Waals surface area contributed by atoms with Crippen molar-refractivity contribution < 1.29 is 12.9 Å². The number of fused-ring (bicyclic) bond motifs is 1. The third-order valence-corrected chi connectivity index (χ3v) is 3.40. The van der Waals surface area contributed by atoms with Crippen LogP contribution < -0.4 is 0 Å². The van der Waals surface area contributed by atoms with Crippen LogP contribution in [0.1, 0.15) is 5.69 Å². The zero-order valence-electron chi connectivity index (χ0n) is 8.60. The molecule has 0 fully saturated rings. The van der Waals surface area contributed by atoms with Crippen molar-refractivity contribution >= 4 is 32.4 Å². The van der Waals surface area contributed by atoms with E-state index >= 15 is 0 Å². The fourth-order valence-electron chi connectivity index (χ4n) is 1.43. The number of hydrogen-bond acceptors (Lipinski definition) is 4. The van der Waals surface area contributed by atoms with E-state index in [2.05, 4.69) is 5.16 Å². The summed E-state index contributed by atoms with van der Waals surface area (Å²) >= 11 is 5.79. The van der Waals surface area contributed by atoms with Crippen LogP contribution in [0.25, 0.3) is 11.0 Å². The zero-order chi connectivity index (χ0) is 11.8. The second-order valence-corrected chi connectivity index (χ2v) is 6.35. The summed E-state index contributed by atoms with van der Waals surface area (Å²) in [6, 6.07) is 5.17. The molecule has 1 heterocycles. The fraction of sp³-hybridized carbons (Fsp3) is 0.300. The van der Waals surface area contributed by atoms with Crippen molar-refractivity contribution in [2.24, 2.45) is 0 Å². The average Bonchev–Trinajstić information content (AvgIpc) is 2.56. The number of benzene rings is 1. The van der Waals surface area contributed by atoms with E-state index in [1.807, 2.05) is 0 Å². The minimum absolute atomic E-state index is 0.0667. The van der Waals surface area contributed by atoms with Crippen molar-refractivity contribution in [3.63, 3.8) is 0 Å². The van der Waals surface area contributed by atoms with Crippen LogP contribution in [0.3, 0.4) is 0 Å². The molecule has 6 heteroatoms. The molecule has 0 saturated carbocycles. The lowest BCUT2D eigenvalue weighted by molar-refractivity contribution is 0.447. The molecule has 0 radical (unpaired) electrons. The summed E-state index contributed by atoms with van der Waals surface area (Å²) < 4.78 is 27.1. The van der Waals surface area contributed by atoms with Gasteiger partial charge < -0.3 is 4.52 Å². The lowest BCUT2D eigenvalue weighted by Gasteiger charge is -1.95. The van der Waals surface area contributed by atoms with E-state index in [0.29, 0.717) is 22.7 Å². The summed E-state index contributed by atoms with van der Waals surface area (Å²) in [5.74, 6) is 0.0667. The van der Waals surface area contributed by atoms with E-state index in [1.165, 1.54) is 6.26 Å². The van der Waals surface area contributed by atoms with E-state index in [0.717, 1.165) is 5.39 Å². The van der Waals surface area contributed by atoms with Gasteiger partial charge >= 0.3 is 0 Å². The van der Waals surface area contributed by atoms with Gasteiger partial charge in [0.1, 0.15) is 9.84 Å². The van der Waals surface area contributed by atoms with E-state index in [1.54, 1.807) is 18.2 Å². The molecule has 86 valence electrons. The van der Waals surface area contributed by atoms with Crippen LogP contribution in [0.4, 0.5) is 0 Å². The maximum Gasteiger partial charge on any atom is 0.168 e. The minimum atomic E-state index is -2.98. The quantitative estimate of drug-likeness (QED) is 0.847. The van der Waals surface area contributed by atoms with Crippen molar-refractivity contribution in [2.45, 2.75) is 6.42 Å². The standard InChI is InChI=1S/C10H10ClNO3S/c1-16(13,14)5-4-9-8-3-2-7(11)6-10(8)15-12-9/h2-3,6H,4-5H2,1H3. The third-order valence-electron chi connectivity index (χ3n) is 2.22. The molecule has 0 aliphatic rings. The summed E-state index contributed by atoms with van der Waals surface area (Å²) in [6.45, 7) is 0. The van der Waals surface area contributed by atoms with Crippen molar-refractivity contribution in [2.75, 3.05) is 12.0 Å². The second-order valence-electron chi connectivity index (χ2n) is 3.65. The van der Waals surface area contributed by atoms with Crippen LogP contribution in [-0.4, -0.2) is 25.6 Å². The molecule has 0 aliphatic carbocycles. The van der Waals surface area contributed by atoms with Crippen LogP contribution in [0.5, 0.6) is 0 Å². The largest absolute Gasteiger partial charge is 0.356 e. The van der Waals surface area contributed by atoms with Gasteiger partial charge in [-0.15, -0.1) is 0 Å². The predicted molar refractivity (Wildman–Crippen MR) is 62.4 cm³/mol. The molecule has 1 aromatic heterocycles. The Morgan fingerprint density at radius 3 is 2.88 bits per heavy atom. The first kappa shape index (κ1) is 11.4. The number of aryl methyl sites for hydroxylation is 1. The monoisotopic (exact) mass is 259 g/mol. The molecule has 0 amide bonds. The molecular formula is C10H10ClNO3S. The van der Waals surface area contributed by atoms with Gasteiger partial charge in [-0.1, -0.05) is 16.8 Å². The van der Waals surface area contributed by atoms with Crippen LogP contribution in [-0.2, 0) is 16.3 Å². The molecule has 0 unspecified atom stereocenters. The summed E-state index contributed by atoms with van der Waals surface area (Å²) in [7, 11) is -2.98. The normalized spacial score (nSPS) is 12.1. The molecule has 2 rings (SSSR count). The number of sulfone groups is 1. The van der Waals surface area contributed by atoms with Gasteiger partial charge in [-0.3, -0.25) is 0 Å². The number of nitrogens with zero attached hydrogens (tertiary/aromatic N) is 1. The molecule has 2 aromatic rings. The number of halogens is 1. The number of hydrogen-bond donors (Lipinski definition) is 0. The Bertz CT molecular complexity index is 618. The van der Waals surface area contributed by atoms with E-state index in [-0.39, 0.29) is 5.75 Å². The molecule has 0 N–H and O–H groups in total. The van der Waals surface area contributed by atoms with Crippen molar-refractivity contribution in [3.8, 4) is 0 Å². The first-order valence-corrected chi connectivity index (χ1v) is 7.11. The fourth-order valence-corrected chi connectivity index (χ4v) is 2.15. The number of rotatable bonds is 3. The second kappa shape index (κ2) is 4.07. The lowest BCUT2D eigenvalue weighted by Crippen LogP contribution is -2.06. The number of aromatic nitrogens is 1. The van der Waals surface area contributed by atoms with Crippen LogP contribution >= 0.6 is 11.6 Å². The average molecular weight is 260 g/mol. The van der Waals surface area contributed by atoms with Gasteiger partial charge in [-0.2, -0.15) is 0 Å². The third kappa shape index (κ3) is 2.54. The molecule has 0 spiro atoms. The Hall–Kier alpha value is -1.07. The van der Waals surface area contributed by atoms with Crippen LogP contribution in [0.15, 0.2) is 22.7 Å². The minimum Gasteiger partial charge on any atom is -0.356 e. The molecule has 0 saturated heterocycles. The van der Waals surface area contributed by atoms with Crippen molar-refractivity contribution in [1.82, 2.24) is 5.16 Å². The Balaban J connectivity index is 2.32. The Morgan fingerprint density at radius 2 is 2.19 bits per heavy atom. The highest BCUT2D eigenvalue weighted by atomic mass is 35.5. The van der Waals surface area contributed by atoms with Crippen LogP contribution in [0.2, 0.25) is 5.02 Å².